The average molecular weight is 434 g/mol. The second-order valence-corrected chi connectivity index (χ2v) is 7.97. The van der Waals surface area contributed by atoms with E-state index in [0.29, 0.717) is 0 Å². The second-order valence-electron chi connectivity index (χ2n) is 6.44. The molecule has 4 nitrogen and oxygen atoms in total. The Bertz CT molecular complexity index is 1150. The highest BCUT2D eigenvalue weighted by Crippen LogP contribution is 2.30. The maximum Gasteiger partial charge on any atom is 0.534 e. The SMILES string of the molecule is CCc1ccc(-c2ccc(C(=O)c3ccccc3OS(=O)(=O)C(F)(F)F)cc2)cc1. The van der Waals surface area contributed by atoms with E-state index < -0.39 is 27.2 Å². The summed E-state index contributed by atoms with van der Waals surface area (Å²) in [6, 6.07) is 19.3. The number of aryl methyl sites for hydroxylation is 1. The van der Waals surface area contributed by atoms with E-state index in [2.05, 4.69) is 11.1 Å². The van der Waals surface area contributed by atoms with Crippen LogP contribution in [0.1, 0.15) is 28.4 Å². The Morgan fingerprint density at radius 2 is 1.40 bits per heavy atom. The molecule has 3 rings (SSSR count). The molecule has 3 aromatic rings. The molecule has 8 heteroatoms. The van der Waals surface area contributed by atoms with E-state index in [9.17, 15) is 26.4 Å². The lowest BCUT2D eigenvalue weighted by Crippen LogP contribution is -2.28. The van der Waals surface area contributed by atoms with E-state index in [0.717, 1.165) is 23.6 Å². The summed E-state index contributed by atoms with van der Waals surface area (Å²) in [4.78, 5) is 12.8. The zero-order valence-electron chi connectivity index (χ0n) is 15.8. The highest BCUT2D eigenvalue weighted by atomic mass is 32.2. The molecule has 156 valence electrons. The van der Waals surface area contributed by atoms with Gasteiger partial charge < -0.3 is 4.18 Å². The molecule has 0 heterocycles. The van der Waals surface area contributed by atoms with Crippen molar-refractivity contribution in [3.63, 3.8) is 0 Å². The molecule has 0 unspecified atom stereocenters. The minimum atomic E-state index is -5.89. The van der Waals surface area contributed by atoms with Crippen LogP contribution < -0.4 is 4.18 Å². The smallest absolute Gasteiger partial charge is 0.375 e. The molecule has 0 aliphatic carbocycles. The molecule has 3 aromatic carbocycles. The molecule has 0 atom stereocenters. The number of alkyl halides is 3. The van der Waals surface area contributed by atoms with Crippen molar-refractivity contribution >= 4 is 15.9 Å². The number of hydrogen-bond donors (Lipinski definition) is 0. The quantitative estimate of drug-likeness (QED) is 0.297. The summed E-state index contributed by atoms with van der Waals surface area (Å²) in [5.41, 5.74) is -2.70. The topological polar surface area (TPSA) is 60.4 Å². The Morgan fingerprint density at radius 3 is 1.93 bits per heavy atom. The second kappa shape index (κ2) is 8.31. The number of para-hydroxylation sites is 1. The van der Waals surface area contributed by atoms with Crippen molar-refractivity contribution < 1.29 is 30.6 Å². The molecule has 0 fully saturated rings. The van der Waals surface area contributed by atoms with Crippen molar-refractivity contribution in [2.24, 2.45) is 0 Å². The summed E-state index contributed by atoms with van der Waals surface area (Å²) in [5, 5.41) is 0. The first-order valence-corrected chi connectivity index (χ1v) is 10.4. The van der Waals surface area contributed by atoms with E-state index in [1.54, 1.807) is 12.1 Å². The number of ketones is 1. The van der Waals surface area contributed by atoms with Crippen molar-refractivity contribution in [3.8, 4) is 16.9 Å². The number of carbonyl (C=O) groups excluding carboxylic acids is 1. The van der Waals surface area contributed by atoms with Crippen LogP contribution in [0.4, 0.5) is 13.2 Å². The number of carbonyl (C=O) groups is 1. The minimum absolute atomic E-state index is 0.185. The van der Waals surface area contributed by atoms with E-state index in [1.165, 1.54) is 35.9 Å². The predicted octanol–water partition coefficient (Wildman–Crippen LogP) is 5.38. The standard InChI is InChI=1S/C22H17F3O4S/c1-2-15-7-9-16(10-8-15)17-11-13-18(14-12-17)21(26)19-5-3-4-6-20(19)29-30(27,28)22(23,24)25/h3-14H,2H2,1H3. The average Bonchev–Trinajstić information content (AvgIpc) is 2.73. The van der Waals surface area contributed by atoms with Crippen molar-refractivity contribution in [1.82, 2.24) is 0 Å². The molecule has 0 radical (unpaired) electrons. The lowest BCUT2D eigenvalue weighted by Gasteiger charge is -2.12. The summed E-state index contributed by atoms with van der Waals surface area (Å²) < 4.78 is 64.7. The molecule has 0 bridgehead atoms. The molecule has 0 saturated carbocycles. The van der Waals surface area contributed by atoms with Crippen LogP contribution in [0.3, 0.4) is 0 Å². The zero-order chi connectivity index (χ0) is 21.9. The van der Waals surface area contributed by atoms with Gasteiger partial charge in [-0.1, -0.05) is 67.6 Å². The number of halogens is 3. The number of hydrogen-bond acceptors (Lipinski definition) is 4. The van der Waals surface area contributed by atoms with Crippen LogP contribution >= 0.6 is 0 Å². The lowest BCUT2D eigenvalue weighted by atomic mass is 9.98. The van der Waals surface area contributed by atoms with Crippen LogP contribution in [0.2, 0.25) is 0 Å². The predicted molar refractivity (Wildman–Crippen MR) is 107 cm³/mol. The molecule has 0 aliphatic rings. The first-order chi connectivity index (χ1) is 14.1. The molecule has 0 amide bonds. The van der Waals surface area contributed by atoms with E-state index in [-0.39, 0.29) is 11.1 Å². The van der Waals surface area contributed by atoms with Gasteiger partial charge in [0.2, 0.25) is 0 Å². The van der Waals surface area contributed by atoms with Gasteiger partial charge in [-0.15, -0.1) is 0 Å². The Balaban J connectivity index is 1.88. The van der Waals surface area contributed by atoms with Gasteiger partial charge in [-0.05, 0) is 35.2 Å². The zero-order valence-corrected chi connectivity index (χ0v) is 16.6. The normalized spacial score (nSPS) is 11.9. The van der Waals surface area contributed by atoms with Gasteiger partial charge in [0, 0.05) is 5.56 Å². The third kappa shape index (κ3) is 4.54. The largest absolute Gasteiger partial charge is 0.534 e. The summed E-state index contributed by atoms with van der Waals surface area (Å²) in [7, 11) is -5.89. The van der Waals surface area contributed by atoms with Gasteiger partial charge >= 0.3 is 15.6 Å². The molecule has 0 saturated heterocycles. The van der Waals surface area contributed by atoms with Crippen LogP contribution in [0.5, 0.6) is 5.75 Å². The molecular formula is C22H17F3O4S. The van der Waals surface area contributed by atoms with Gasteiger partial charge in [-0.3, -0.25) is 4.79 Å². The monoisotopic (exact) mass is 434 g/mol. The summed E-state index contributed by atoms with van der Waals surface area (Å²) in [6.45, 7) is 2.05. The van der Waals surface area contributed by atoms with Gasteiger partial charge in [-0.25, -0.2) is 0 Å². The highest BCUT2D eigenvalue weighted by Gasteiger charge is 2.48. The maximum absolute atomic E-state index is 12.8. The van der Waals surface area contributed by atoms with Crippen molar-refractivity contribution in [2.45, 2.75) is 18.9 Å². The van der Waals surface area contributed by atoms with Crippen molar-refractivity contribution in [1.29, 1.82) is 0 Å². The van der Waals surface area contributed by atoms with Crippen LogP contribution in [0.25, 0.3) is 11.1 Å². The van der Waals surface area contributed by atoms with E-state index >= 15 is 0 Å². The lowest BCUT2D eigenvalue weighted by molar-refractivity contribution is -0.0500. The minimum Gasteiger partial charge on any atom is -0.375 e. The van der Waals surface area contributed by atoms with E-state index in [1.807, 2.05) is 24.3 Å². The molecule has 0 aliphatic heterocycles. The van der Waals surface area contributed by atoms with Crippen LogP contribution in [-0.2, 0) is 16.5 Å². The van der Waals surface area contributed by atoms with Crippen molar-refractivity contribution in [3.05, 3.63) is 89.5 Å². The van der Waals surface area contributed by atoms with Crippen molar-refractivity contribution in [2.75, 3.05) is 0 Å². The van der Waals surface area contributed by atoms with Crippen LogP contribution in [0, 0.1) is 0 Å². The first-order valence-electron chi connectivity index (χ1n) is 8.96. The Labute approximate surface area is 172 Å². The maximum atomic E-state index is 12.8. The highest BCUT2D eigenvalue weighted by molar-refractivity contribution is 7.88. The third-order valence-electron chi connectivity index (χ3n) is 4.46. The van der Waals surface area contributed by atoms with Crippen LogP contribution in [-0.4, -0.2) is 19.7 Å². The third-order valence-corrected chi connectivity index (χ3v) is 5.42. The Kier molecular flexibility index (Phi) is 5.98. The number of rotatable bonds is 6. The molecule has 0 N–H and O–H groups in total. The first kappa shape index (κ1) is 21.6. The summed E-state index contributed by atoms with van der Waals surface area (Å²) in [6.07, 6.45) is 0.916. The fraction of sp³-hybridized carbons (Fsp3) is 0.136. The molecular weight excluding hydrogens is 417 g/mol. The summed E-state index contributed by atoms with van der Waals surface area (Å²) >= 11 is 0. The fourth-order valence-corrected chi connectivity index (χ4v) is 3.27. The van der Waals surface area contributed by atoms with Crippen LogP contribution in [0.15, 0.2) is 72.8 Å². The van der Waals surface area contributed by atoms with Gasteiger partial charge in [0.1, 0.15) is 0 Å². The Morgan fingerprint density at radius 1 is 0.867 bits per heavy atom. The molecule has 0 spiro atoms. The molecule has 30 heavy (non-hydrogen) atoms. The van der Waals surface area contributed by atoms with E-state index in [4.69, 9.17) is 0 Å². The van der Waals surface area contributed by atoms with Gasteiger partial charge in [-0.2, -0.15) is 21.6 Å². The van der Waals surface area contributed by atoms with Gasteiger partial charge in [0.05, 0.1) is 5.56 Å². The Hall–Kier alpha value is -3.13. The summed E-state index contributed by atoms with van der Waals surface area (Å²) in [5.74, 6) is -1.34. The fourth-order valence-electron chi connectivity index (χ4n) is 2.79. The molecule has 0 aromatic heterocycles. The van der Waals surface area contributed by atoms with Gasteiger partial charge in [0.15, 0.2) is 11.5 Å². The van der Waals surface area contributed by atoms with Gasteiger partial charge in [0.25, 0.3) is 0 Å². The number of benzene rings is 3.